The molecule has 0 fully saturated rings. The Morgan fingerprint density at radius 1 is 1.26 bits per heavy atom. The molecule has 23 heavy (non-hydrogen) atoms. The molecule has 2 aromatic rings. The lowest BCUT2D eigenvalue weighted by Crippen LogP contribution is -2.27. The minimum atomic E-state index is -3.74. The van der Waals surface area contributed by atoms with E-state index in [-0.39, 0.29) is 10.8 Å². The number of hydrogen-bond donors (Lipinski definition) is 3. The summed E-state index contributed by atoms with van der Waals surface area (Å²) >= 11 is 5.07. The fourth-order valence-corrected chi connectivity index (χ4v) is 3.05. The highest BCUT2D eigenvalue weighted by Gasteiger charge is 2.19. The van der Waals surface area contributed by atoms with Gasteiger partial charge in [-0.2, -0.15) is 0 Å². The number of anilines is 2. The minimum absolute atomic E-state index is 0.117. The molecule has 0 aliphatic rings. The molecule has 1 heterocycles. The highest BCUT2D eigenvalue weighted by molar-refractivity contribution is 7.92. The first-order valence-corrected chi connectivity index (χ1v) is 8.83. The van der Waals surface area contributed by atoms with Crippen LogP contribution >= 0.6 is 12.2 Å². The van der Waals surface area contributed by atoms with Crippen molar-refractivity contribution in [3.05, 3.63) is 35.5 Å². The molecule has 0 aliphatic carbocycles. The first kappa shape index (κ1) is 17.2. The Balaban J connectivity index is 2.14. The maximum Gasteiger partial charge on any atom is 0.264 e. The molecule has 0 bridgehead atoms. The van der Waals surface area contributed by atoms with Crippen molar-refractivity contribution in [2.45, 2.75) is 25.7 Å². The van der Waals surface area contributed by atoms with Crippen molar-refractivity contribution in [1.82, 2.24) is 10.5 Å². The van der Waals surface area contributed by atoms with Crippen LogP contribution in [0, 0.1) is 13.8 Å². The van der Waals surface area contributed by atoms with Gasteiger partial charge in [-0.05, 0) is 57.3 Å². The lowest BCUT2D eigenvalue weighted by Gasteiger charge is -2.10. The molecule has 9 heteroatoms. The zero-order chi connectivity index (χ0) is 17.0. The highest BCUT2D eigenvalue weighted by Crippen LogP contribution is 2.22. The summed E-state index contributed by atoms with van der Waals surface area (Å²) in [4.78, 5) is 0.117. The summed E-state index contributed by atoms with van der Waals surface area (Å²) in [5.41, 5.74) is 1.99. The Morgan fingerprint density at radius 3 is 2.43 bits per heavy atom. The average molecular weight is 354 g/mol. The van der Waals surface area contributed by atoms with Gasteiger partial charge < -0.3 is 15.2 Å². The molecule has 0 spiro atoms. The van der Waals surface area contributed by atoms with Crippen LogP contribution in [0.25, 0.3) is 0 Å². The van der Waals surface area contributed by atoms with Crippen LogP contribution in [-0.2, 0) is 10.0 Å². The Morgan fingerprint density at radius 2 is 1.91 bits per heavy atom. The van der Waals surface area contributed by atoms with Crippen LogP contribution in [-0.4, -0.2) is 25.2 Å². The van der Waals surface area contributed by atoms with Crippen LogP contribution in [0.15, 0.2) is 33.7 Å². The smallest absolute Gasteiger partial charge is 0.264 e. The van der Waals surface area contributed by atoms with Gasteiger partial charge in [-0.15, -0.1) is 0 Å². The Bertz CT molecular complexity index is 798. The van der Waals surface area contributed by atoms with Crippen molar-refractivity contribution in [2.75, 3.05) is 16.6 Å². The molecule has 0 unspecified atom stereocenters. The highest BCUT2D eigenvalue weighted by atomic mass is 32.2. The topological polar surface area (TPSA) is 96.3 Å². The van der Waals surface area contributed by atoms with E-state index in [2.05, 4.69) is 20.5 Å². The van der Waals surface area contributed by atoms with Gasteiger partial charge in [0.2, 0.25) is 5.88 Å². The third-order valence-electron chi connectivity index (χ3n) is 3.14. The van der Waals surface area contributed by atoms with Crippen molar-refractivity contribution in [3.8, 4) is 0 Å². The zero-order valence-electron chi connectivity index (χ0n) is 13.0. The maximum atomic E-state index is 12.3. The van der Waals surface area contributed by atoms with Crippen LogP contribution in [0.2, 0.25) is 0 Å². The SMILES string of the molecule is CCNC(=S)Nc1ccc(S(=O)(=O)Nc2onc(C)c2C)cc1. The fraction of sp³-hybridized carbons (Fsp3) is 0.286. The first-order chi connectivity index (χ1) is 10.8. The molecule has 3 N–H and O–H groups in total. The lowest BCUT2D eigenvalue weighted by molar-refractivity contribution is 0.430. The molecule has 0 amide bonds. The van der Waals surface area contributed by atoms with E-state index in [1.54, 1.807) is 26.0 Å². The van der Waals surface area contributed by atoms with E-state index in [0.29, 0.717) is 28.6 Å². The largest absolute Gasteiger partial charge is 0.363 e. The molecular weight excluding hydrogens is 336 g/mol. The average Bonchev–Trinajstić information content (AvgIpc) is 2.79. The lowest BCUT2D eigenvalue weighted by atomic mass is 10.3. The number of aryl methyl sites for hydroxylation is 1. The van der Waals surface area contributed by atoms with E-state index in [0.717, 1.165) is 0 Å². The van der Waals surface area contributed by atoms with Crippen molar-refractivity contribution < 1.29 is 12.9 Å². The summed E-state index contributed by atoms with van der Waals surface area (Å²) in [6.07, 6.45) is 0. The number of thiocarbonyl (C=S) groups is 1. The molecular formula is C14H18N4O3S2. The van der Waals surface area contributed by atoms with Crippen molar-refractivity contribution >= 4 is 38.9 Å². The quantitative estimate of drug-likeness (QED) is 0.710. The van der Waals surface area contributed by atoms with E-state index in [1.165, 1.54) is 12.1 Å². The molecule has 1 aromatic heterocycles. The summed E-state index contributed by atoms with van der Waals surface area (Å²) in [6.45, 7) is 6.11. The van der Waals surface area contributed by atoms with Gasteiger partial charge in [-0.1, -0.05) is 5.16 Å². The van der Waals surface area contributed by atoms with Crippen LogP contribution in [0.3, 0.4) is 0 Å². The maximum absolute atomic E-state index is 12.3. The Labute approximate surface area is 140 Å². The van der Waals surface area contributed by atoms with E-state index >= 15 is 0 Å². The molecule has 0 atom stereocenters. The van der Waals surface area contributed by atoms with Crippen LogP contribution in [0.1, 0.15) is 18.2 Å². The van der Waals surface area contributed by atoms with Crippen LogP contribution < -0.4 is 15.4 Å². The molecule has 0 radical (unpaired) electrons. The minimum Gasteiger partial charge on any atom is -0.363 e. The van der Waals surface area contributed by atoms with Gasteiger partial charge in [0.05, 0.1) is 10.6 Å². The van der Waals surface area contributed by atoms with Gasteiger partial charge in [0.15, 0.2) is 5.11 Å². The molecule has 124 valence electrons. The summed E-state index contributed by atoms with van der Waals surface area (Å²) < 4.78 is 32.0. The van der Waals surface area contributed by atoms with E-state index in [1.807, 2.05) is 6.92 Å². The number of nitrogens with one attached hydrogen (secondary N) is 3. The van der Waals surface area contributed by atoms with E-state index in [9.17, 15) is 8.42 Å². The number of nitrogens with zero attached hydrogens (tertiary/aromatic N) is 1. The standard InChI is InChI=1S/C14H18N4O3S2/c1-4-15-14(22)16-11-5-7-12(8-6-11)23(19,20)18-13-9(2)10(3)17-21-13/h5-8,18H,4H2,1-3H3,(H2,15,16,22). The summed E-state index contributed by atoms with van der Waals surface area (Å²) in [6, 6.07) is 6.24. The molecule has 0 aliphatic heterocycles. The number of sulfonamides is 1. The van der Waals surface area contributed by atoms with Gasteiger partial charge in [-0.3, -0.25) is 0 Å². The fourth-order valence-electron chi connectivity index (χ4n) is 1.74. The van der Waals surface area contributed by atoms with Crippen molar-refractivity contribution in [1.29, 1.82) is 0 Å². The van der Waals surface area contributed by atoms with Crippen molar-refractivity contribution in [2.24, 2.45) is 0 Å². The van der Waals surface area contributed by atoms with Gasteiger partial charge >= 0.3 is 0 Å². The van der Waals surface area contributed by atoms with Crippen LogP contribution in [0.4, 0.5) is 11.6 Å². The third-order valence-corrected chi connectivity index (χ3v) is 4.74. The van der Waals surface area contributed by atoms with Gasteiger partial charge in [0.25, 0.3) is 10.0 Å². The monoisotopic (exact) mass is 354 g/mol. The van der Waals surface area contributed by atoms with Gasteiger partial charge in [-0.25, -0.2) is 13.1 Å². The van der Waals surface area contributed by atoms with E-state index in [4.69, 9.17) is 16.7 Å². The molecule has 7 nitrogen and oxygen atoms in total. The Hall–Kier alpha value is -2.13. The number of benzene rings is 1. The molecule has 0 saturated heterocycles. The second-order valence-electron chi connectivity index (χ2n) is 4.84. The predicted molar refractivity (Wildman–Crippen MR) is 93.1 cm³/mol. The normalized spacial score (nSPS) is 11.1. The number of hydrogen-bond acceptors (Lipinski definition) is 5. The first-order valence-electron chi connectivity index (χ1n) is 6.94. The molecule has 0 saturated carbocycles. The zero-order valence-corrected chi connectivity index (χ0v) is 14.6. The second-order valence-corrected chi connectivity index (χ2v) is 6.93. The number of aromatic nitrogens is 1. The van der Waals surface area contributed by atoms with Crippen molar-refractivity contribution in [3.63, 3.8) is 0 Å². The predicted octanol–water partition coefficient (Wildman–Crippen LogP) is 2.40. The van der Waals surface area contributed by atoms with Gasteiger partial charge in [0, 0.05) is 17.8 Å². The van der Waals surface area contributed by atoms with E-state index < -0.39 is 10.0 Å². The summed E-state index contributed by atoms with van der Waals surface area (Å²) in [7, 11) is -3.74. The summed E-state index contributed by atoms with van der Waals surface area (Å²) in [5.74, 6) is 0.123. The number of rotatable bonds is 5. The van der Waals surface area contributed by atoms with Crippen LogP contribution in [0.5, 0.6) is 0 Å². The molecule has 1 aromatic carbocycles. The third kappa shape index (κ3) is 4.20. The van der Waals surface area contributed by atoms with Gasteiger partial charge in [0.1, 0.15) is 0 Å². The second kappa shape index (κ2) is 6.97. The Kier molecular flexibility index (Phi) is 5.22. The molecule has 2 rings (SSSR count). The summed E-state index contributed by atoms with van der Waals surface area (Å²) in [5, 5.41) is 10.1.